The van der Waals surface area contributed by atoms with E-state index in [0.717, 1.165) is 18.1 Å². The first-order valence-electron chi connectivity index (χ1n) is 6.51. The molecule has 0 N–H and O–H groups in total. The molecule has 0 amide bonds. The van der Waals surface area contributed by atoms with Crippen molar-refractivity contribution in [1.29, 1.82) is 0 Å². The molecule has 1 heteroatoms. The van der Waals surface area contributed by atoms with Gasteiger partial charge in [0.15, 0.2) is 0 Å². The number of allylic oxidation sites excluding steroid dienone is 5. The Hall–Kier alpha value is -1.86. The summed E-state index contributed by atoms with van der Waals surface area (Å²) in [6.07, 6.45) is 13.0. The van der Waals surface area contributed by atoms with Crippen molar-refractivity contribution in [3.8, 4) is 0 Å². The van der Waals surface area contributed by atoms with E-state index in [1.165, 1.54) is 25.8 Å². The van der Waals surface area contributed by atoms with Crippen LogP contribution in [0.5, 0.6) is 0 Å². The number of rotatable bonds is 2. The summed E-state index contributed by atoms with van der Waals surface area (Å²) in [6, 6.07) is 6.49. The molecule has 0 nitrogen and oxygen atoms in total. The predicted octanol–water partition coefficient (Wildman–Crippen LogP) is 4.01. The van der Waals surface area contributed by atoms with Crippen LogP contribution in [0.15, 0.2) is 49.1 Å². The molecule has 0 saturated heterocycles. The summed E-state index contributed by atoms with van der Waals surface area (Å²) in [4.78, 5) is 0. The second kappa shape index (κ2) is 5.02. The Morgan fingerprint density at radius 1 is 1.21 bits per heavy atom. The number of thiophene rings is 1. The zero-order valence-electron chi connectivity index (χ0n) is 10.9. The van der Waals surface area contributed by atoms with Crippen LogP contribution in [0.25, 0.3) is 28.3 Å². The maximum atomic E-state index is 4.21. The molecular formula is C18H16S. The summed E-state index contributed by atoms with van der Waals surface area (Å²) >= 11 is 1.80. The lowest BCUT2D eigenvalue weighted by Crippen LogP contribution is -2.15. The first-order valence-corrected chi connectivity index (χ1v) is 7.33. The minimum Gasteiger partial charge on any atom is -0.135 e. The minimum atomic E-state index is 1.11. The monoisotopic (exact) mass is 264 g/mol. The third kappa shape index (κ3) is 2.11. The third-order valence-electron chi connectivity index (χ3n) is 3.42. The Kier molecular flexibility index (Phi) is 3.22. The van der Waals surface area contributed by atoms with Crippen LogP contribution in [0.1, 0.15) is 18.4 Å². The molecule has 0 fully saturated rings. The van der Waals surface area contributed by atoms with Crippen LogP contribution in [0.3, 0.4) is 0 Å². The number of fused-ring (bicyclic) bond motifs is 1. The molecule has 0 unspecified atom stereocenters. The van der Waals surface area contributed by atoms with Crippen LogP contribution in [0, 0.1) is 0 Å². The highest BCUT2D eigenvalue weighted by molar-refractivity contribution is 7.17. The van der Waals surface area contributed by atoms with E-state index in [1.807, 2.05) is 12.2 Å². The van der Waals surface area contributed by atoms with E-state index in [1.54, 1.807) is 11.3 Å². The fourth-order valence-electron chi connectivity index (χ4n) is 2.47. The average Bonchev–Trinajstić information content (AvgIpc) is 2.77. The molecule has 1 aliphatic rings. The van der Waals surface area contributed by atoms with Gasteiger partial charge in [-0.1, -0.05) is 55.7 Å². The van der Waals surface area contributed by atoms with Crippen molar-refractivity contribution in [3.05, 3.63) is 64.4 Å². The summed E-state index contributed by atoms with van der Waals surface area (Å²) in [5, 5.41) is 2.37. The fraction of sp³-hybridized carbons (Fsp3) is 0.111. The van der Waals surface area contributed by atoms with E-state index >= 15 is 0 Å². The van der Waals surface area contributed by atoms with Gasteiger partial charge >= 0.3 is 0 Å². The summed E-state index contributed by atoms with van der Waals surface area (Å²) in [5.41, 5.74) is 2.66. The Morgan fingerprint density at radius 2 is 2.11 bits per heavy atom. The lowest BCUT2D eigenvalue weighted by molar-refractivity contribution is 1.04. The second-order valence-corrected chi connectivity index (χ2v) is 5.72. The van der Waals surface area contributed by atoms with Gasteiger partial charge in [-0.2, -0.15) is 0 Å². The van der Waals surface area contributed by atoms with Crippen molar-refractivity contribution in [2.75, 3.05) is 0 Å². The van der Waals surface area contributed by atoms with Gasteiger partial charge in [-0.25, -0.2) is 0 Å². The molecular weight excluding hydrogens is 248 g/mol. The van der Waals surface area contributed by atoms with Gasteiger partial charge in [-0.3, -0.25) is 0 Å². The Morgan fingerprint density at radius 3 is 2.84 bits per heavy atom. The van der Waals surface area contributed by atoms with Crippen LogP contribution >= 0.6 is 11.3 Å². The first kappa shape index (κ1) is 12.2. The Bertz CT molecular complexity index is 800. The van der Waals surface area contributed by atoms with Crippen LogP contribution in [-0.2, 0) is 0 Å². The summed E-state index contributed by atoms with van der Waals surface area (Å²) in [6.45, 7) is 7.99. The van der Waals surface area contributed by atoms with Crippen molar-refractivity contribution >= 4 is 39.7 Å². The summed E-state index contributed by atoms with van der Waals surface area (Å²) < 4.78 is 2.54. The van der Waals surface area contributed by atoms with Crippen LogP contribution < -0.4 is 9.75 Å². The normalized spacial score (nSPS) is 15.8. The molecule has 2 aromatic rings. The van der Waals surface area contributed by atoms with Crippen molar-refractivity contribution < 1.29 is 0 Å². The van der Waals surface area contributed by atoms with Crippen molar-refractivity contribution in [2.45, 2.75) is 12.8 Å². The highest BCUT2D eigenvalue weighted by Crippen LogP contribution is 2.28. The molecule has 0 aliphatic heterocycles. The zero-order chi connectivity index (χ0) is 13.2. The maximum absolute atomic E-state index is 4.21. The quantitative estimate of drug-likeness (QED) is 0.769. The molecule has 0 bridgehead atoms. The first-order chi connectivity index (χ1) is 9.31. The third-order valence-corrected chi connectivity index (χ3v) is 4.67. The minimum absolute atomic E-state index is 1.11. The van der Waals surface area contributed by atoms with Crippen molar-refractivity contribution in [1.82, 2.24) is 0 Å². The van der Waals surface area contributed by atoms with E-state index < -0.39 is 0 Å². The summed E-state index contributed by atoms with van der Waals surface area (Å²) in [7, 11) is 0. The second-order valence-electron chi connectivity index (χ2n) is 4.67. The maximum Gasteiger partial charge on any atom is 0.0433 e. The smallest absolute Gasteiger partial charge is 0.0433 e. The Balaban J connectivity index is 2.33. The van der Waals surface area contributed by atoms with E-state index in [-0.39, 0.29) is 0 Å². The molecule has 3 rings (SSSR count). The predicted molar refractivity (Wildman–Crippen MR) is 87.6 cm³/mol. The molecule has 0 spiro atoms. The molecule has 1 aliphatic carbocycles. The standard InChI is InChI=1S/C18H16S/c1-3-8-17-13(2)15-11-7-12-16(18(15)19-17)14-9-5-4-6-10-14/h3,5,7-12H,1-2,4,6H2/b17-8+. The molecule has 19 heavy (non-hydrogen) atoms. The van der Waals surface area contributed by atoms with Gasteiger partial charge in [0, 0.05) is 14.6 Å². The molecule has 0 atom stereocenters. The van der Waals surface area contributed by atoms with Gasteiger partial charge in [0.2, 0.25) is 0 Å². The largest absolute Gasteiger partial charge is 0.135 e. The van der Waals surface area contributed by atoms with Gasteiger partial charge in [0.1, 0.15) is 0 Å². The lowest BCUT2D eigenvalue weighted by atomic mass is 9.98. The van der Waals surface area contributed by atoms with E-state index in [4.69, 9.17) is 0 Å². The number of hydrogen-bond donors (Lipinski definition) is 0. The highest BCUT2D eigenvalue weighted by atomic mass is 32.1. The molecule has 1 aromatic heterocycles. The molecule has 1 heterocycles. The van der Waals surface area contributed by atoms with Gasteiger partial charge in [0.05, 0.1) is 0 Å². The lowest BCUT2D eigenvalue weighted by Gasteiger charge is -2.08. The van der Waals surface area contributed by atoms with Crippen LogP contribution in [0.4, 0.5) is 0 Å². The average molecular weight is 264 g/mol. The molecule has 0 radical (unpaired) electrons. The van der Waals surface area contributed by atoms with Gasteiger partial charge in [-0.05, 0) is 35.3 Å². The molecule has 94 valence electrons. The van der Waals surface area contributed by atoms with Gasteiger partial charge < -0.3 is 0 Å². The van der Waals surface area contributed by atoms with Crippen molar-refractivity contribution in [3.63, 3.8) is 0 Å². The van der Waals surface area contributed by atoms with E-state index in [0.29, 0.717) is 0 Å². The van der Waals surface area contributed by atoms with Crippen LogP contribution in [0.2, 0.25) is 0 Å². The fourth-order valence-corrected chi connectivity index (χ4v) is 3.69. The number of benzene rings is 1. The van der Waals surface area contributed by atoms with Crippen molar-refractivity contribution in [2.24, 2.45) is 0 Å². The topological polar surface area (TPSA) is 0 Å². The van der Waals surface area contributed by atoms with Crippen LogP contribution in [-0.4, -0.2) is 0 Å². The van der Waals surface area contributed by atoms with Gasteiger partial charge in [0.25, 0.3) is 0 Å². The SMILES string of the molecule is C=C/C=c1/sc2c(C3=CCCC=C3)cccc2c1=C. The Labute approximate surface area is 117 Å². The van der Waals surface area contributed by atoms with Gasteiger partial charge in [-0.15, -0.1) is 11.3 Å². The zero-order valence-corrected chi connectivity index (χ0v) is 11.7. The number of hydrogen-bond acceptors (Lipinski definition) is 1. The van der Waals surface area contributed by atoms with E-state index in [2.05, 4.69) is 49.6 Å². The molecule has 1 aromatic carbocycles. The molecule has 0 saturated carbocycles. The van der Waals surface area contributed by atoms with E-state index in [9.17, 15) is 0 Å². The summed E-state index contributed by atoms with van der Waals surface area (Å²) in [5.74, 6) is 0. The highest BCUT2D eigenvalue weighted by Gasteiger charge is 2.08.